The first-order chi connectivity index (χ1) is 12.6. The third-order valence-electron chi connectivity index (χ3n) is 6.98. The van der Waals surface area contributed by atoms with E-state index in [1.54, 1.807) is 0 Å². The minimum atomic E-state index is -0.396. The number of benzene rings is 1. The van der Waals surface area contributed by atoms with Crippen molar-refractivity contribution in [1.82, 2.24) is 0 Å². The Hall–Kier alpha value is -2.40. The van der Waals surface area contributed by atoms with Crippen molar-refractivity contribution in [3.05, 3.63) is 57.7 Å². The van der Waals surface area contributed by atoms with Crippen LogP contribution in [0.2, 0.25) is 0 Å². The fourth-order valence-electron chi connectivity index (χ4n) is 6.05. The molecule has 1 fully saturated rings. The maximum atomic E-state index is 12.3. The number of hydrogen-bond donors (Lipinski definition) is 0. The van der Waals surface area contributed by atoms with Gasteiger partial charge in [0, 0.05) is 11.8 Å². The number of esters is 2. The first-order valence-corrected chi connectivity index (χ1v) is 9.06. The summed E-state index contributed by atoms with van der Waals surface area (Å²) in [7, 11) is 2.73. The Balaban J connectivity index is 1.47. The van der Waals surface area contributed by atoms with Crippen LogP contribution in [0.15, 0.2) is 35.4 Å². The Morgan fingerprint density at radius 2 is 1.31 bits per heavy atom. The molecule has 0 aromatic heterocycles. The molecular formula is C21H18O5. The quantitative estimate of drug-likeness (QED) is 0.606. The highest BCUT2D eigenvalue weighted by atomic mass is 16.5. The number of methoxy groups -OCH3 is 2. The summed E-state index contributed by atoms with van der Waals surface area (Å²) in [6.45, 7) is 0. The lowest BCUT2D eigenvalue weighted by molar-refractivity contribution is -0.142. The standard InChI is InChI=1S/C21H18O5/c1-24-20(22)18-16-12-7-13(17(16)19(18)21(23)25-2)9-6-11-10(5-8(9)12)14-3-4-15(11)26-14/h3-6,12-17H,7H2,1-2H3/t12-,13+,14+,15-,16-,17+. The molecule has 2 heterocycles. The average Bonchev–Trinajstić information content (AvgIpc) is 3.38. The molecule has 1 aromatic carbocycles. The van der Waals surface area contributed by atoms with Crippen LogP contribution in [0.3, 0.4) is 0 Å². The molecule has 6 rings (SSSR count). The zero-order valence-corrected chi connectivity index (χ0v) is 14.5. The summed E-state index contributed by atoms with van der Waals surface area (Å²) in [5, 5.41) is 0. The number of hydrogen-bond acceptors (Lipinski definition) is 5. The van der Waals surface area contributed by atoms with Crippen molar-refractivity contribution in [1.29, 1.82) is 0 Å². The minimum Gasteiger partial charge on any atom is -0.466 e. The lowest BCUT2D eigenvalue weighted by Gasteiger charge is -2.43. The summed E-state index contributed by atoms with van der Waals surface area (Å²) >= 11 is 0. The van der Waals surface area contributed by atoms with Crippen LogP contribution in [0, 0.1) is 11.8 Å². The second-order valence-corrected chi connectivity index (χ2v) is 7.78. The van der Waals surface area contributed by atoms with Gasteiger partial charge in [0.25, 0.3) is 0 Å². The highest BCUT2D eigenvalue weighted by molar-refractivity contribution is 6.05. The van der Waals surface area contributed by atoms with E-state index in [2.05, 4.69) is 24.3 Å². The fraction of sp³-hybridized carbons (Fsp3) is 0.429. The Morgan fingerprint density at radius 1 is 0.846 bits per heavy atom. The van der Waals surface area contributed by atoms with Gasteiger partial charge in [0.15, 0.2) is 0 Å². The molecular weight excluding hydrogens is 332 g/mol. The van der Waals surface area contributed by atoms with E-state index in [0.29, 0.717) is 11.1 Å². The normalized spacial score (nSPS) is 36.5. The predicted molar refractivity (Wildman–Crippen MR) is 90.3 cm³/mol. The van der Waals surface area contributed by atoms with Crippen LogP contribution in [-0.4, -0.2) is 26.2 Å². The van der Waals surface area contributed by atoms with Crippen LogP contribution in [0.5, 0.6) is 0 Å². The zero-order valence-electron chi connectivity index (χ0n) is 14.5. The van der Waals surface area contributed by atoms with Gasteiger partial charge < -0.3 is 14.2 Å². The van der Waals surface area contributed by atoms with Gasteiger partial charge in [-0.25, -0.2) is 9.59 Å². The number of rotatable bonds is 2. The number of ether oxygens (including phenoxy) is 3. The van der Waals surface area contributed by atoms with Crippen LogP contribution in [0.4, 0.5) is 0 Å². The Kier molecular flexibility index (Phi) is 2.64. The van der Waals surface area contributed by atoms with Crippen molar-refractivity contribution in [2.24, 2.45) is 11.8 Å². The number of carbonyl (C=O) groups excluding carboxylic acids is 2. The first-order valence-electron chi connectivity index (χ1n) is 9.06. The first kappa shape index (κ1) is 14.7. The molecule has 2 aliphatic heterocycles. The maximum Gasteiger partial charge on any atom is 0.334 e. The van der Waals surface area contributed by atoms with Crippen molar-refractivity contribution in [3.8, 4) is 0 Å². The monoisotopic (exact) mass is 350 g/mol. The molecule has 0 spiro atoms. The summed E-state index contributed by atoms with van der Waals surface area (Å²) in [5.41, 5.74) is 6.23. The molecule has 0 unspecified atom stereocenters. The van der Waals surface area contributed by atoms with Gasteiger partial charge in [-0.15, -0.1) is 0 Å². The van der Waals surface area contributed by atoms with Crippen molar-refractivity contribution in [3.63, 3.8) is 0 Å². The summed E-state index contributed by atoms with van der Waals surface area (Å²) in [6, 6.07) is 4.56. The third kappa shape index (κ3) is 1.48. The molecule has 1 saturated carbocycles. The molecule has 6 atom stereocenters. The van der Waals surface area contributed by atoms with E-state index in [4.69, 9.17) is 14.2 Å². The molecule has 4 bridgehead atoms. The number of fused-ring (bicyclic) bond motifs is 13. The predicted octanol–water partition coefficient (Wildman–Crippen LogP) is 2.84. The van der Waals surface area contributed by atoms with Gasteiger partial charge in [0.1, 0.15) is 12.2 Å². The van der Waals surface area contributed by atoms with Gasteiger partial charge in [-0.2, -0.15) is 0 Å². The van der Waals surface area contributed by atoms with Gasteiger partial charge in [-0.3, -0.25) is 0 Å². The topological polar surface area (TPSA) is 61.8 Å². The molecule has 0 amide bonds. The van der Waals surface area contributed by atoms with Gasteiger partial charge in [-0.1, -0.05) is 24.3 Å². The second kappa shape index (κ2) is 4.65. The molecule has 0 radical (unpaired) electrons. The number of carbonyl (C=O) groups is 2. The van der Waals surface area contributed by atoms with E-state index in [1.165, 1.54) is 36.5 Å². The highest BCUT2D eigenvalue weighted by Crippen LogP contribution is 2.69. The van der Waals surface area contributed by atoms with Gasteiger partial charge in [0.2, 0.25) is 0 Å². The average molecular weight is 350 g/mol. The van der Waals surface area contributed by atoms with Crippen LogP contribution < -0.4 is 0 Å². The van der Waals surface area contributed by atoms with Crippen LogP contribution in [0.25, 0.3) is 0 Å². The molecule has 0 saturated heterocycles. The summed E-state index contributed by atoms with van der Waals surface area (Å²) in [5.74, 6) is -0.101. The summed E-state index contributed by atoms with van der Waals surface area (Å²) in [4.78, 5) is 24.7. The fourth-order valence-corrected chi connectivity index (χ4v) is 6.05. The van der Waals surface area contributed by atoms with E-state index < -0.39 is 11.9 Å². The second-order valence-electron chi connectivity index (χ2n) is 7.78. The van der Waals surface area contributed by atoms with Gasteiger partial charge >= 0.3 is 11.9 Å². The van der Waals surface area contributed by atoms with E-state index in [-0.39, 0.29) is 35.9 Å². The van der Waals surface area contributed by atoms with Crippen molar-refractivity contribution in [2.45, 2.75) is 30.5 Å². The lowest BCUT2D eigenvalue weighted by Crippen LogP contribution is -2.42. The Bertz CT molecular complexity index is 882. The van der Waals surface area contributed by atoms with Crippen LogP contribution in [-0.2, 0) is 23.8 Å². The molecule has 5 aliphatic rings. The molecule has 5 nitrogen and oxygen atoms in total. The lowest BCUT2D eigenvalue weighted by atomic mass is 9.59. The maximum absolute atomic E-state index is 12.3. The SMILES string of the molecule is COC(=O)C1=C(C(=O)OC)[C@H]2[C@@H]1[C@H]1C[C@@H]2c2cc3c(cc21)[C@H]1C=C[C@@H]3O1. The van der Waals surface area contributed by atoms with Crippen LogP contribution in [0.1, 0.15) is 52.7 Å². The van der Waals surface area contributed by atoms with Gasteiger partial charge in [-0.05, 0) is 40.5 Å². The van der Waals surface area contributed by atoms with Crippen LogP contribution >= 0.6 is 0 Å². The highest BCUT2D eigenvalue weighted by Gasteiger charge is 2.63. The Labute approximate surface area is 150 Å². The molecule has 26 heavy (non-hydrogen) atoms. The third-order valence-corrected chi connectivity index (χ3v) is 6.98. The molecule has 0 N–H and O–H groups in total. The van der Waals surface area contributed by atoms with Crippen molar-refractivity contribution >= 4 is 11.9 Å². The summed E-state index contributed by atoms with van der Waals surface area (Å²) in [6.07, 6.45) is 5.36. The van der Waals surface area contributed by atoms with E-state index in [1.807, 2.05) is 0 Å². The van der Waals surface area contributed by atoms with Crippen molar-refractivity contribution < 1.29 is 23.8 Å². The minimum absolute atomic E-state index is 0.0675. The van der Waals surface area contributed by atoms with E-state index in [0.717, 1.165) is 6.42 Å². The molecule has 132 valence electrons. The van der Waals surface area contributed by atoms with Gasteiger partial charge in [0.05, 0.1) is 25.4 Å². The molecule has 1 aromatic rings. The zero-order chi connectivity index (χ0) is 17.7. The largest absolute Gasteiger partial charge is 0.466 e. The van der Waals surface area contributed by atoms with Crippen molar-refractivity contribution in [2.75, 3.05) is 14.2 Å². The Morgan fingerprint density at radius 3 is 1.73 bits per heavy atom. The van der Waals surface area contributed by atoms with E-state index in [9.17, 15) is 9.59 Å². The molecule has 3 aliphatic carbocycles. The smallest absolute Gasteiger partial charge is 0.334 e. The van der Waals surface area contributed by atoms with E-state index >= 15 is 0 Å². The summed E-state index contributed by atoms with van der Waals surface area (Å²) < 4.78 is 15.9. The molecule has 5 heteroatoms.